The zero-order valence-electron chi connectivity index (χ0n) is 18.7. The second kappa shape index (κ2) is 9.67. The molecule has 1 fully saturated rings. The molecule has 178 valence electrons. The van der Waals surface area contributed by atoms with Crippen LogP contribution in [0.1, 0.15) is 25.6 Å². The number of imidazole rings is 1. The van der Waals surface area contributed by atoms with Gasteiger partial charge in [0.25, 0.3) is 0 Å². The third-order valence-corrected chi connectivity index (χ3v) is 7.91. The molecule has 2 N–H and O–H groups in total. The van der Waals surface area contributed by atoms with Crippen molar-refractivity contribution in [3.8, 4) is 0 Å². The van der Waals surface area contributed by atoms with Crippen LogP contribution in [0.25, 0.3) is 10.9 Å². The second-order valence-corrected chi connectivity index (χ2v) is 10.3. The Labute approximate surface area is 215 Å². The Kier molecular flexibility index (Phi) is 6.63. The number of aryl methyl sites for hydroxylation is 1. The van der Waals surface area contributed by atoms with Gasteiger partial charge in [0.05, 0.1) is 26.6 Å². The molecule has 0 aliphatic heterocycles. The highest BCUT2D eigenvalue weighted by molar-refractivity contribution is 9.10. The SMILES string of the molecule is CC(Cn1cncn1)Nc1nc(NC(Cc2nccn2C)C2CC2)nc2c(Cl)c(Br)c(Cl)cc12. The van der Waals surface area contributed by atoms with E-state index in [-0.39, 0.29) is 12.1 Å². The first-order chi connectivity index (χ1) is 16.4. The quantitative estimate of drug-likeness (QED) is 0.277. The molecule has 1 aromatic carbocycles. The highest BCUT2D eigenvalue weighted by Gasteiger charge is 2.33. The summed E-state index contributed by atoms with van der Waals surface area (Å²) in [7, 11) is 2.01. The lowest BCUT2D eigenvalue weighted by molar-refractivity contribution is 0.558. The van der Waals surface area contributed by atoms with Gasteiger partial charge in [-0.1, -0.05) is 23.2 Å². The van der Waals surface area contributed by atoms with E-state index in [0.717, 1.165) is 17.6 Å². The molecule has 0 spiro atoms. The summed E-state index contributed by atoms with van der Waals surface area (Å²) < 4.78 is 4.43. The van der Waals surface area contributed by atoms with Crippen molar-refractivity contribution in [1.82, 2.24) is 34.3 Å². The summed E-state index contributed by atoms with van der Waals surface area (Å²) in [6.07, 6.45) is 10.1. The fourth-order valence-corrected chi connectivity index (χ4v) is 4.82. The van der Waals surface area contributed by atoms with Gasteiger partial charge in [0.15, 0.2) is 0 Å². The molecule has 0 radical (unpaired) electrons. The van der Waals surface area contributed by atoms with E-state index < -0.39 is 0 Å². The average molecular weight is 565 g/mol. The topological polar surface area (TPSA) is 98.4 Å². The summed E-state index contributed by atoms with van der Waals surface area (Å²) in [5, 5.41) is 12.9. The summed E-state index contributed by atoms with van der Waals surface area (Å²) in [5.74, 6) is 2.76. The molecular formula is C22H24BrCl2N9. The van der Waals surface area contributed by atoms with Crippen molar-refractivity contribution in [1.29, 1.82) is 0 Å². The monoisotopic (exact) mass is 563 g/mol. The fourth-order valence-electron chi connectivity index (χ4n) is 4.02. The van der Waals surface area contributed by atoms with Gasteiger partial charge in [-0.25, -0.2) is 15.0 Å². The predicted octanol–water partition coefficient (Wildman–Crippen LogP) is 4.96. The number of hydrogen-bond donors (Lipinski definition) is 2. The molecular weight excluding hydrogens is 541 g/mol. The third-order valence-electron chi connectivity index (χ3n) is 5.97. The largest absolute Gasteiger partial charge is 0.365 e. The van der Waals surface area contributed by atoms with E-state index in [2.05, 4.69) is 48.6 Å². The van der Waals surface area contributed by atoms with Gasteiger partial charge in [-0.05, 0) is 47.7 Å². The second-order valence-electron chi connectivity index (χ2n) is 8.69. The lowest BCUT2D eigenvalue weighted by Gasteiger charge is -2.21. The molecule has 0 saturated heterocycles. The van der Waals surface area contributed by atoms with E-state index in [1.165, 1.54) is 19.2 Å². The number of halogens is 3. The van der Waals surface area contributed by atoms with Crippen LogP contribution in [-0.4, -0.2) is 46.4 Å². The van der Waals surface area contributed by atoms with E-state index in [1.54, 1.807) is 11.0 Å². The molecule has 2 unspecified atom stereocenters. The van der Waals surface area contributed by atoms with Gasteiger partial charge in [0.2, 0.25) is 5.95 Å². The van der Waals surface area contributed by atoms with Crippen LogP contribution in [0.15, 0.2) is 35.6 Å². The van der Waals surface area contributed by atoms with Crippen molar-refractivity contribution in [2.45, 2.75) is 44.8 Å². The van der Waals surface area contributed by atoms with E-state index in [0.29, 0.717) is 44.3 Å². The lowest BCUT2D eigenvalue weighted by Crippen LogP contribution is -2.28. The summed E-state index contributed by atoms with van der Waals surface area (Å²) in [4.78, 5) is 18.1. The molecule has 9 nitrogen and oxygen atoms in total. The maximum absolute atomic E-state index is 6.66. The van der Waals surface area contributed by atoms with Crippen LogP contribution in [-0.2, 0) is 20.0 Å². The number of nitrogens with zero attached hydrogens (tertiary/aromatic N) is 7. The van der Waals surface area contributed by atoms with Crippen LogP contribution in [0.3, 0.4) is 0 Å². The zero-order valence-corrected chi connectivity index (χ0v) is 21.8. The molecule has 4 aromatic rings. The summed E-state index contributed by atoms with van der Waals surface area (Å²) in [6, 6.07) is 2.02. The molecule has 5 rings (SSSR count). The molecule has 1 aliphatic rings. The van der Waals surface area contributed by atoms with Crippen molar-refractivity contribution in [2.24, 2.45) is 13.0 Å². The maximum Gasteiger partial charge on any atom is 0.225 e. The standard InChI is InChI=1S/C22H24BrCl2N9/c1-12(9-34-11-26-10-28-34)29-21-14-7-15(24)18(23)19(25)20(14)31-22(32-21)30-16(13-3-4-13)8-17-27-5-6-33(17)2/h5-7,10-13,16H,3-4,8-9H2,1-2H3,(H2,29,30,31,32). The number of hydrogen-bond acceptors (Lipinski definition) is 7. The Bertz CT molecular complexity index is 1300. The molecule has 2 atom stereocenters. The van der Waals surface area contributed by atoms with E-state index >= 15 is 0 Å². The molecule has 34 heavy (non-hydrogen) atoms. The van der Waals surface area contributed by atoms with Crippen molar-refractivity contribution < 1.29 is 0 Å². The highest BCUT2D eigenvalue weighted by Crippen LogP contribution is 2.40. The van der Waals surface area contributed by atoms with Crippen molar-refractivity contribution in [3.05, 3.63) is 51.5 Å². The highest BCUT2D eigenvalue weighted by atomic mass is 79.9. The van der Waals surface area contributed by atoms with Gasteiger partial charge < -0.3 is 15.2 Å². The molecule has 0 bridgehead atoms. The van der Waals surface area contributed by atoms with Crippen LogP contribution in [0.4, 0.5) is 11.8 Å². The van der Waals surface area contributed by atoms with Crippen molar-refractivity contribution in [2.75, 3.05) is 10.6 Å². The number of rotatable bonds is 9. The molecule has 1 aliphatic carbocycles. The number of nitrogens with one attached hydrogen (secondary N) is 2. The Morgan fingerprint density at radius 2 is 2.06 bits per heavy atom. The minimum Gasteiger partial charge on any atom is -0.365 e. The first kappa shape index (κ1) is 23.3. The molecule has 0 amide bonds. The molecule has 1 saturated carbocycles. The summed E-state index contributed by atoms with van der Waals surface area (Å²) in [5.41, 5.74) is 0.623. The fraction of sp³-hybridized carbons (Fsp3) is 0.409. The van der Waals surface area contributed by atoms with Crippen LogP contribution in [0.2, 0.25) is 10.0 Å². The minimum absolute atomic E-state index is 0.0145. The van der Waals surface area contributed by atoms with Crippen LogP contribution in [0.5, 0.6) is 0 Å². The van der Waals surface area contributed by atoms with Gasteiger partial charge in [0, 0.05) is 43.3 Å². The smallest absolute Gasteiger partial charge is 0.225 e. The van der Waals surface area contributed by atoms with Crippen molar-refractivity contribution in [3.63, 3.8) is 0 Å². The Hall–Kier alpha value is -2.43. The number of anilines is 2. The first-order valence-electron chi connectivity index (χ1n) is 11.1. The number of aromatic nitrogens is 7. The summed E-state index contributed by atoms with van der Waals surface area (Å²) in [6.45, 7) is 2.68. The minimum atomic E-state index is 0.0145. The van der Waals surface area contributed by atoms with E-state index in [4.69, 9.17) is 33.2 Å². The van der Waals surface area contributed by atoms with Crippen molar-refractivity contribution >= 4 is 61.8 Å². The van der Waals surface area contributed by atoms with Crippen LogP contribution >= 0.6 is 39.1 Å². The van der Waals surface area contributed by atoms with Gasteiger partial charge in [-0.15, -0.1) is 0 Å². The van der Waals surface area contributed by atoms with Gasteiger partial charge in [-0.3, -0.25) is 4.68 Å². The Morgan fingerprint density at radius 1 is 1.24 bits per heavy atom. The first-order valence-corrected chi connectivity index (χ1v) is 12.6. The molecule has 3 heterocycles. The summed E-state index contributed by atoms with van der Waals surface area (Å²) >= 11 is 16.6. The Balaban J connectivity index is 1.49. The number of benzene rings is 1. The van der Waals surface area contributed by atoms with Crippen LogP contribution in [0, 0.1) is 5.92 Å². The van der Waals surface area contributed by atoms with Gasteiger partial charge in [0.1, 0.15) is 24.3 Å². The lowest BCUT2D eigenvalue weighted by atomic mass is 10.1. The number of fused-ring (bicyclic) bond motifs is 1. The average Bonchev–Trinajstić information content (AvgIpc) is 3.39. The predicted molar refractivity (Wildman–Crippen MR) is 137 cm³/mol. The van der Waals surface area contributed by atoms with Crippen LogP contribution < -0.4 is 10.6 Å². The van der Waals surface area contributed by atoms with E-state index in [9.17, 15) is 0 Å². The maximum atomic E-state index is 6.66. The van der Waals surface area contributed by atoms with E-state index in [1.807, 2.05) is 30.1 Å². The van der Waals surface area contributed by atoms with Gasteiger partial charge in [-0.2, -0.15) is 10.1 Å². The molecule has 3 aromatic heterocycles. The third kappa shape index (κ3) is 4.99. The molecule has 12 heteroatoms. The Morgan fingerprint density at radius 3 is 2.74 bits per heavy atom. The van der Waals surface area contributed by atoms with Gasteiger partial charge >= 0.3 is 0 Å². The normalized spacial score (nSPS) is 15.4. The zero-order chi connectivity index (χ0) is 23.8.